The van der Waals surface area contributed by atoms with Crippen molar-refractivity contribution in [2.24, 2.45) is 0 Å². The Morgan fingerprint density at radius 2 is 1.85 bits per heavy atom. The molecule has 0 aliphatic carbocycles. The molecule has 0 saturated carbocycles. The Balaban J connectivity index is 2.47. The third-order valence-electron chi connectivity index (χ3n) is 2.78. The van der Waals surface area contributed by atoms with Crippen LogP contribution >= 0.6 is 11.6 Å². The number of hydrogen-bond acceptors (Lipinski definition) is 3. The van der Waals surface area contributed by atoms with E-state index in [1.54, 1.807) is 18.2 Å². The molecule has 2 aromatic carbocycles. The van der Waals surface area contributed by atoms with Crippen molar-refractivity contribution in [2.45, 2.75) is 0 Å². The molecular weight excluding hydrogens is 283 g/mol. The number of methoxy groups -OCH3 is 2. The van der Waals surface area contributed by atoms with Crippen molar-refractivity contribution in [3.05, 3.63) is 58.4 Å². The number of carbonyl (C=O) groups is 1. The number of halogens is 2. The third kappa shape index (κ3) is 2.91. The van der Waals surface area contributed by atoms with Gasteiger partial charge < -0.3 is 9.47 Å². The van der Waals surface area contributed by atoms with Crippen LogP contribution in [0, 0.1) is 5.82 Å². The summed E-state index contributed by atoms with van der Waals surface area (Å²) in [6, 6.07) is 8.49. The molecular formula is C15H12ClFO3. The SMILES string of the molecule is COc1ccc(C(=O)c2cc(F)cc(Cl)c2)c(OC)c1. The highest BCUT2D eigenvalue weighted by atomic mass is 35.5. The molecule has 0 aliphatic heterocycles. The normalized spacial score (nSPS) is 10.2. The Hall–Kier alpha value is -2.07. The van der Waals surface area contributed by atoms with E-state index in [-0.39, 0.29) is 16.4 Å². The van der Waals surface area contributed by atoms with Gasteiger partial charge in [-0.25, -0.2) is 4.39 Å². The lowest BCUT2D eigenvalue weighted by Crippen LogP contribution is -2.05. The van der Waals surface area contributed by atoms with E-state index in [1.807, 2.05) is 0 Å². The Kier molecular flexibility index (Phi) is 4.25. The second-order valence-electron chi connectivity index (χ2n) is 4.05. The number of carbonyl (C=O) groups excluding carboxylic acids is 1. The first kappa shape index (κ1) is 14.3. The van der Waals surface area contributed by atoms with Crippen molar-refractivity contribution < 1.29 is 18.7 Å². The first-order valence-electron chi connectivity index (χ1n) is 5.78. The van der Waals surface area contributed by atoms with Gasteiger partial charge in [-0.1, -0.05) is 11.6 Å². The molecule has 0 bridgehead atoms. The van der Waals surface area contributed by atoms with Crippen LogP contribution in [0.3, 0.4) is 0 Å². The van der Waals surface area contributed by atoms with Crippen molar-refractivity contribution in [1.82, 2.24) is 0 Å². The van der Waals surface area contributed by atoms with Gasteiger partial charge in [0.15, 0.2) is 5.78 Å². The molecule has 0 saturated heterocycles. The molecule has 0 heterocycles. The molecule has 0 amide bonds. The minimum Gasteiger partial charge on any atom is -0.497 e. The fourth-order valence-corrected chi connectivity index (χ4v) is 2.05. The summed E-state index contributed by atoms with van der Waals surface area (Å²) >= 11 is 5.76. The summed E-state index contributed by atoms with van der Waals surface area (Å²) in [6.07, 6.45) is 0. The summed E-state index contributed by atoms with van der Waals surface area (Å²) < 4.78 is 23.5. The molecule has 0 atom stereocenters. The largest absolute Gasteiger partial charge is 0.497 e. The maximum absolute atomic E-state index is 13.3. The van der Waals surface area contributed by atoms with Crippen LogP contribution in [-0.2, 0) is 0 Å². The number of rotatable bonds is 4. The molecule has 3 nitrogen and oxygen atoms in total. The standard InChI is InChI=1S/C15H12ClFO3/c1-19-12-3-4-13(14(8-12)20-2)15(18)9-5-10(16)7-11(17)6-9/h3-8H,1-2H3. The van der Waals surface area contributed by atoms with Gasteiger partial charge in [0.2, 0.25) is 0 Å². The summed E-state index contributed by atoms with van der Waals surface area (Å²) in [6.45, 7) is 0. The predicted molar refractivity (Wildman–Crippen MR) is 74.4 cm³/mol. The van der Waals surface area contributed by atoms with Crippen molar-refractivity contribution >= 4 is 17.4 Å². The summed E-state index contributed by atoms with van der Waals surface area (Å²) in [5.41, 5.74) is 0.480. The quantitative estimate of drug-likeness (QED) is 0.806. The average molecular weight is 295 g/mol. The van der Waals surface area contributed by atoms with Gasteiger partial charge in [0.05, 0.1) is 19.8 Å². The fraction of sp³-hybridized carbons (Fsp3) is 0.133. The molecule has 0 N–H and O–H groups in total. The van der Waals surface area contributed by atoms with Gasteiger partial charge in [-0.05, 0) is 30.3 Å². The van der Waals surface area contributed by atoms with Crippen LogP contribution in [0.2, 0.25) is 5.02 Å². The van der Waals surface area contributed by atoms with Gasteiger partial charge in [-0.3, -0.25) is 4.79 Å². The lowest BCUT2D eigenvalue weighted by atomic mass is 10.0. The summed E-state index contributed by atoms with van der Waals surface area (Å²) in [4.78, 5) is 12.4. The van der Waals surface area contributed by atoms with Gasteiger partial charge in [0.25, 0.3) is 0 Å². The van der Waals surface area contributed by atoms with E-state index in [0.29, 0.717) is 17.1 Å². The minimum absolute atomic E-state index is 0.165. The zero-order chi connectivity index (χ0) is 14.7. The van der Waals surface area contributed by atoms with Crippen molar-refractivity contribution in [3.8, 4) is 11.5 Å². The Bertz CT molecular complexity index is 635. The molecule has 0 fully saturated rings. The van der Waals surface area contributed by atoms with Crippen LogP contribution in [0.25, 0.3) is 0 Å². The zero-order valence-electron chi connectivity index (χ0n) is 10.9. The fourth-order valence-electron chi connectivity index (χ4n) is 1.83. The molecule has 2 rings (SSSR count). The highest BCUT2D eigenvalue weighted by Crippen LogP contribution is 2.27. The molecule has 0 aliphatic rings. The Morgan fingerprint density at radius 1 is 1.10 bits per heavy atom. The van der Waals surface area contributed by atoms with Crippen LogP contribution < -0.4 is 9.47 Å². The van der Waals surface area contributed by atoms with E-state index in [2.05, 4.69) is 0 Å². The van der Waals surface area contributed by atoms with E-state index in [1.165, 1.54) is 20.3 Å². The molecule has 5 heteroatoms. The van der Waals surface area contributed by atoms with Gasteiger partial charge in [-0.15, -0.1) is 0 Å². The molecule has 20 heavy (non-hydrogen) atoms. The lowest BCUT2D eigenvalue weighted by molar-refractivity contribution is 0.103. The van der Waals surface area contributed by atoms with Gasteiger partial charge in [-0.2, -0.15) is 0 Å². The highest BCUT2D eigenvalue weighted by Gasteiger charge is 2.16. The topological polar surface area (TPSA) is 35.5 Å². The second kappa shape index (κ2) is 5.92. The smallest absolute Gasteiger partial charge is 0.196 e. The first-order valence-corrected chi connectivity index (χ1v) is 6.15. The van der Waals surface area contributed by atoms with Crippen LogP contribution in [-0.4, -0.2) is 20.0 Å². The predicted octanol–water partition coefficient (Wildman–Crippen LogP) is 3.73. The van der Waals surface area contributed by atoms with Crippen molar-refractivity contribution in [1.29, 1.82) is 0 Å². The molecule has 0 spiro atoms. The monoisotopic (exact) mass is 294 g/mol. The van der Waals surface area contributed by atoms with Gasteiger partial charge in [0.1, 0.15) is 17.3 Å². The maximum Gasteiger partial charge on any atom is 0.196 e. The van der Waals surface area contributed by atoms with E-state index in [9.17, 15) is 9.18 Å². The van der Waals surface area contributed by atoms with E-state index < -0.39 is 5.82 Å². The number of benzene rings is 2. The number of hydrogen-bond donors (Lipinski definition) is 0. The highest BCUT2D eigenvalue weighted by molar-refractivity contribution is 6.31. The average Bonchev–Trinajstić information content (AvgIpc) is 2.44. The van der Waals surface area contributed by atoms with Gasteiger partial charge in [0, 0.05) is 16.7 Å². The van der Waals surface area contributed by atoms with Crippen molar-refractivity contribution in [2.75, 3.05) is 14.2 Å². The van der Waals surface area contributed by atoms with Crippen LogP contribution in [0.15, 0.2) is 36.4 Å². The van der Waals surface area contributed by atoms with E-state index in [0.717, 1.165) is 12.1 Å². The van der Waals surface area contributed by atoms with E-state index in [4.69, 9.17) is 21.1 Å². The molecule has 0 aromatic heterocycles. The molecule has 0 unspecified atom stereocenters. The Labute approximate surface area is 120 Å². The van der Waals surface area contributed by atoms with Crippen LogP contribution in [0.4, 0.5) is 4.39 Å². The minimum atomic E-state index is -0.562. The second-order valence-corrected chi connectivity index (χ2v) is 4.49. The molecule has 0 radical (unpaired) electrons. The van der Waals surface area contributed by atoms with Crippen molar-refractivity contribution in [3.63, 3.8) is 0 Å². The Morgan fingerprint density at radius 3 is 2.45 bits per heavy atom. The molecule has 104 valence electrons. The van der Waals surface area contributed by atoms with E-state index >= 15 is 0 Å². The zero-order valence-corrected chi connectivity index (χ0v) is 11.7. The summed E-state index contributed by atoms with van der Waals surface area (Å²) in [7, 11) is 2.97. The summed E-state index contributed by atoms with van der Waals surface area (Å²) in [5, 5.41) is 0.167. The van der Waals surface area contributed by atoms with Crippen LogP contribution in [0.5, 0.6) is 11.5 Å². The number of ether oxygens (including phenoxy) is 2. The maximum atomic E-state index is 13.3. The van der Waals surface area contributed by atoms with Gasteiger partial charge >= 0.3 is 0 Å². The lowest BCUT2D eigenvalue weighted by Gasteiger charge is -2.10. The summed E-state index contributed by atoms with van der Waals surface area (Å²) in [5.74, 6) is -0.00959. The number of ketones is 1. The third-order valence-corrected chi connectivity index (χ3v) is 3.00. The van der Waals surface area contributed by atoms with Crippen LogP contribution in [0.1, 0.15) is 15.9 Å². The first-order chi connectivity index (χ1) is 9.55. The molecule has 2 aromatic rings.